The number of ether oxygens (including phenoxy) is 1. The SMILES string of the molecule is C[NH+](CCOc1ccc(C(=O)c2c(-c3ccc(O)cc3)sc3cc(O)ccc23)cc1)CCP(C)(C)=O. The van der Waals surface area contributed by atoms with Gasteiger partial charge in [-0.05, 0) is 85.6 Å². The van der Waals surface area contributed by atoms with E-state index in [4.69, 9.17) is 4.74 Å². The topological polar surface area (TPSA) is 88.3 Å². The third-order valence-electron chi connectivity index (χ3n) is 6.02. The molecule has 0 radical (unpaired) electrons. The fourth-order valence-electron chi connectivity index (χ4n) is 3.90. The third kappa shape index (κ3) is 6.35. The number of aromatic hydroxyl groups is 2. The van der Waals surface area contributed by atoms with Crippen LogP contribution in [0, 0.1) is 0 Å². The van der Waals surface area contributed by atoms with Crippen molar-refractivity contribution in [3.05, 3.63) is 77.9 Å². The number of hydrogen-bond donors (Lipinski definition) is 3. The summed E-state index contributed by atoms with van der Waals surface area (Å²) in [6.07, 6.45) is 0.721. The van der Waals surface area contributed by atoms with Crippen LogP contribution in [0.15, 0.2) is 66.7 Å². The van der Waals surface area contributed by atoms with Crippen LogP contribution < -0.4 is 9.64 Å². The Kier molecular flexibility index (Phi) is 7.84. The van der Waals surface area contributed by atoms with Crippen LogP contribution in [-0.4, -0.2) is 62.2 Å². The van der Waals surface area contributed by atoms with Gasteiger partial charge in [0.25, 0.3) is 0 Å². The highest BCUT2D eigenvalue weighted by atomic mass is 32.1. The van der Waals surface area contributed by atoms with E-state index in [9.17, 15) is 19.6 Å². The zero-order valence-corrected chi connectivity index (χ0v) is 22.4. The zero-order chi connectivity index (χ0) is 25.9. The van der Waals surface area contributed by atoms with Crippen LogP contribution in [0.3, 0.4) is 0 Å². The van der Waals surface area contributed by atoms with Crippen molar-refractivity contribution in [3.8, 4) is 27.7 Å². The fourth-order valence-corrected chi connectivity index (χ4v) is 6.06. The van der Waals surface area contributed by atoms with E-state index in [0.29, 0.717) is 23.5 Å². The molecule has 0 aliphatic carbocycles. The van der Waals surface area contributed by atoms with E-state index in [1.807, 2.05) is 13.3 Å². The monoisotopic (exact) mass is 524 g/mol. The number of hydrogen-bond acceptors (Lipinski definition) is 6. The van der Waals surface area contributed by atoms with E-state index in [1.54, 1.807) is 66.7 Å². The molecule has 3 aromatic carbocycles. The fraction of sp³-hybridized carbons (Fsp3) is 0.250. The van der Waals surface area contributed by atoms with E-state index in [-0.39, 0.29) is 17.3 Å². The first-order valence-electron chi connectivity index (χ1n) is 11.8. The van der Waals surface area contributed by atoms with E-state index in [1.165, 1.54) is 16.2 Å². The van der Waals surface area contributed by atoms with Crippen molar-refractivity contribution in [1.29, 1.82) is 0 Å². The van der Waals surface area contributed by atoms with Crippen LogP contribution >= 0.6 is 18.5 Å². The van der Waals surface area contributed by atoms with Crippen molar-refractivity contribution >= 4 is 34.3 Å². The van der Waals surface area contributed by atoms with Crippen LogP contribution in [0.25, 0.3) is 20.5 Å². The number of fused-ring (bicyclic) bond motifs is 1. The molecule has 6 nitrogen and oxygen atoms in total. The summed E-state index contributed by atoms with van der Waals surface area (Å²) in [5.74, 6) is 0.876. The smallest absolute Gasteiger partial charge is 0.195 e. The zero-order valence-electron chi connectivity index (χ0n) is 20.7. The number of carbonyl (C=O) groups is 1. The van der Waals surface area contributed by atoms with Gasteiger partial charge >= 0.3 is 0 Å². The van der Waals surface area contributed by atoms with E-state index in [0.717, 1.165) is 39.8 Å². The van der Waals surface area contributed by atoms with Gasteiger partial charge in [0.15, 0.2) is 5.78 Å². The largest absolute Gasteiger partial charge is 0.508 e. The predicted octanol–water partition coefficient (Wildman–Crippen LogP) is 4.73. The number of benzene rings is 3. The van der Waals surface area contributed by atoms with Gasteiger partial charge in [0, 0.05) is 32.3 Å². The van der Waals surface area contributed by atoms with Gasteiger partial charge in [0.2, 0.25) is 0 Å². The molecule has 4 aromatic rings. The standard InChI is InChI=1S/C28H30NO5PS/c1-29(15-17-35(2,3)33)14-16-34-23-11-6-19(7-12-23)27(32)26-24-13-10-22(31)18-25(24)36-28(26)20-4-8-21(30)9-5-20/h4-13,18,30-31H,14-17H2,1-3H3/p+1. The Morgan fingerprint density at radius 3 is 2.28 bits per heavy atom. The average Bonchev–Trinajstić information content (AvgIpc) is 3.21. The molecular weight excluding hydrogens is 493 g/mol. The summed E-state index contributed by atoms with van der Waals surface area (Å²) in [5, 5.41) is 20.4. The number of rotatable bonds is 10. The minimum atomic E-state index is -2.01. The van der Waals surface area contributed by atoms with Crippen molar-refractivity contribution in [1.82, 2.24) is 0 Å². The Morgan fingerprint density at radius 2 is 1.61 bits per heavy atom. The average molecular weight is 525 g/mol. The predicted molar refractivity (Wildman–Crippen MR) is 147 cm³/mol. The quantitative estimate of drug-likeness (QED) is 0.206. The first-order valence-corrected chi connectivity index (χ1v) is 15.4. The molecule has 188 valence electrons. The van der Waals surface area contributed by atoms with Gasteiger partial charge in [-0.2, -0.15) is 0 Å². The van der Waals surface area contributed by atoms with Gasteiger partial charge in [-0.25, -0.2) is 0 Å². The molecule has 1 heterocycles. The van der Waals surface area contributed by atoms with Gasteiger partial charge in [0.1, 0.15) is 30.4 Å². The summed E-state index contributed by atoms with van der Waals surface area (Å²) in [7, 11) is 0.0612. The molecule has 0 fully saturated rings. The van der Waals surface area contributed by atoms with Gasteiger partial charge in [-0.15, -0.1) is 11.3 Å². The molecule has 0 bridgehead atoms. The number of carbonyl (C=O) groups excluding carboxylic acids is 1. The highest BCUT2D eigenvalue weighted by Crippen LogP contribution is 2.41. The summed E-state index contributed by atoms with van der Waals surface area (Å²) in [6, 6.07) is 18.9. The molecule has 0 amide bonds. The Balaban J connectivity index is 1.52. The second kappa shape index (κ2) is 10.9. The second-order valence-electron chi connectivity index (χ2n) is 9.49. The van der Waals surface area contributed by atoms with Gasteiger partial charge in [-0.1, -0.05) is 0 Å². The van der Waals surface area contributed by atoms with Gasteiger partial charge in [0.05, 0.1) is 20.7 Å². The number of nitrogens with one attached hydrogen (secondary N) is 1. The van der Waals surface area contributed by atoms with Gasteiger partial charge in [-0.3, -0.25) is 4.79 Å². The molecule has 0 aliphatic heterocycles. The van der Waals surface area contributed by atoms with Crippen molar-refractivity contribution in [3.63, 3.8) is 0 Å². The first kappa shape index (κ1) is 26.0. The molecular formula is C28H31NO5PS+. The summed E-state index contributed by atoms with van der Waals surface area (Å²) in [6.45, 7) is 5.80. The van der Waals surface area contributed by atoms with Crippen LogP contribution in [0.4, 0.5) is 0 Å². The summed E-state index contributed by atoms with van der Waals surface area (Å²) < 4.78 is 18.6. The molecule has 0 saturated carbocycles. The lowest BCUT2D eigenvalue weighted by molar-refractivity contribution is -0.877. The number of thiophene rings is 1. The number of ketones is 1. The highest BCUT2D eigenvalue weighted by molar-refractivity contribution is 7.62. The van der Waals surface area contributed by atoms with Crippen molar-refractivity contribution in [2.75, 3.05) is 46.2 Å². The number of likely N-dealkylation sites (N-methyl/N-ethyl adjacent to an activating group) is 1. The van der Waals surface area contributed by atoms with Crippen LogP contribution in [0.2, 0.25) is 0 Å². The maximum Gasteiger partial charge on any atom is 0.195 e. The Hall–Kier alpha value is -3.12. The maximum atomic E-state index is 13.7. The van der Waals surface area contributed by atoms with Gasteiger partial charge < -0.3 is 24.4 Å². The molecule has 0 aliphatic rings. The maximum absolute atomic E-state index is 13.7. The Morgan fingerprint density at radius 1 is 0.944 bits per heavy atom. The summed E-state index contributed by atoms with van der Waals surface area (Å²) in [5.41, 5.74) is 1.94. The molecule has 3 N–H and O–H groups in total. The van der Waals surface area contributed by atoms with Crippen LogP contribution in [0.5, 0.6) is 17.2 Å². The van der Waals surface area contributed by atoms with E-state index >= 15 is 0 Å². The third-order valence-corrected chi connectivity index (χ3v) is 8.52. The highest BCUT2D eigenvalue weighted by Gasteiger charge is 2.22. The summed E-state index contributed by atoms with van der Waals surface area (Å²) >= 11 is 1.44. The lowest BCUT2D eigenvalue weighted by Crippen LogP contribution is -3.10. The van der Waals surface area contributed by atoms with Crippen LogP contribution in [0.1, 0.15) is 15.9 Å². The van der Waals surface area contributed by atoms with E-state index in [2.05, 4.69) is 7.05 Å². The minimum absolute atomic E-state index is 0.116. The second-order valence-corrected chi connectivity index (χ2v) is 14.1. The molecule has 36 heavy (non-hydrogen) atoms. The molecule has 4 rings (SSSR count). The Labute approximate surface area is 215 Å². The minimum Gasteiger partial charge on any atom is -0.508 e. The number of phenols is 2. The molecule has 0 spiro atoms. The van der Waals surface area contributed by atoms with Crippen LogP contribution in [-0.2, 0) is 4.57 Å². The molecule has 1 atom stereocenters. The lowest BCUT2D eigenvalue weighted by atomic mass is 9.97. The molecule has 1 aromatic heterocycles. The summed E-state index contributed by atoms with van der Waals surface area (Å²) in [4.78, 5) is 15.7. The number of phenolic OH excluding ortho intramolecular Hbond substituents is 2. The van der Waals surface area contributed by atoms with Crippen molar-refractivity contribution < 1.29 is 29.2 Å². The van der Waals surface area contributed by atoms with E-state index < -0.39 is 7.14 Å². The normalized spacial score (nSPS) is 12.5. The Bertz CT molecular complexity index is 1410. The molecule has 0 saturated heterocycles. The first-order chi connectivity index (χ1) is 17.1. The molecule has 8 heteroatoms. The van der Waals surface area contributed by atoms with Crippen molar-refractivity contribution in [2.45, 2.75) is 0 Å². The van der Waals surface area contributed by atoms with Crippen molar-refractivity contribution in [2.24, 2.45) is 0 Å². The lowest BCUT2D eigenvalue weighted by Gasteiger charge is -2.16. The number of quaternary nitrogens is 1. The molecule has 1 unspecified atom stereocenters.